The molecule has 0 spiro atoms. The molecule has 3 amide bonds. The summed E-state index contributed by atoms with van der Waals surface area (Å²) in [4.78, 5) is 42.7. The molecule has 0 bridgehead atoms. The maximum absolute atomic E-state index is 12.7. The highest BCUT2D eigenvalue weighted by Gasteiger charge is 2.32. The van der Waals surface area contributed by atoms with Crippen LogP contribution in [0.25, 0.3) is 10.2 Å². The van der Waals surface area contributed by atoms with Crippen LogP contribution in [0.5, 0.6) is 5.75 Å². The highest BCUT2D eigenvalue weighted by Crippen LogP contribution is 2.37. The number of rotatable bonds is 7. The van der Waals surface area contributed by atoms with Crippen LogP contribution in [0, 0.1) is 0 Å². The van der Waals surface area contributed by atoms with Gasteiger partial charge in [0.05, 0.1) is 27.7 Å². The lowest BCUT2D eigenvalue weighted by molar-refractivity contribution is -0.122. The third-order valence-corrected chi connectivity index (χ3v) is 7.62. The summed E-state index contributed by atoms with van der Waals surface area (Å²) in [6, 6.07) is 12.4. The minimum atomic E-state index is -0.386. The average molecular weight is 538 g/mol. The largest absolute Gasteiger partial charge is 0.482 e. The first-order chi connectivity index (χ1) is 17.8. The van der Waals surface area contributed by atoms with Gasteiger partial charge in [-0.2, -0.15) is 0 Å². The number of para-hydroxylation sites is 2. The number of hydrogen-bond donors (Lipinski definition) is 2. The van der Waals surface area contributed by atoms with Gasteiger partial charge in [0, 0.05) is 19.7 Å². The summed E-state index contributed by atoms with van der Waals surface area (Å²) >= 11 is 2.57. The fourth-order valence-corrected chi connectivity index (χ4v) is 5.66. The van der Waals surface area contributed by atoms with Gasteiger partial charge in [0.25, 0.3) is 5.91 Å². The molecular formula is C24H23N7O4S2. The smallest absolute Gasteiger partial charge is 0.265 e. The Bertz CT molecular complexity index is 1520. The number of benzene rings is 2. The van der Waals surface area contributed by atoms with E-state index in [9.17, 15) is 14.4 Å². The van der Waals surface area contributed by atoms with Crippen molar-refractivity contribution in [3.63, 3.8) is 0 Å². The van der Waals surface area contributed by atoms with E-state index in [1.165, 1.54) is 30.0 Å². The molecule has 1 aliphatic rings. The summed E-state index contributed by atoms with van der Waals surface area (Å²) in [5, 5.41) is 15.1. The van der Waals surface area contributed by atoms with Gasteiger partial charge in [0.1, 0.15) is 5.75 Å². The maximum atomic E-state index is 12.7. The molecule has 13 heteroatoms. The van der Waals surface area contributed by atoms with E-state index in [2.05, 4.69) is 25.8 Å². The molecule has 3 heterocycles. The van der Waals surface area contributed by atoms with E-state index in [1.54, 1.807) is 21.6 Å². The first-order valence-corrected chi connectivity index (χ1v) is 13.1. The normalized spacial score (nSPS) is 13.7. The van der Waals surface area contributed by atoms with E-state index in [-0.39, 0.29) is 36.1 Å². The molecule has 11 nitrogen and oxygen atoms in total. The number of nitrogens with one attached hydrogen (secondary N) is 2. The van der Waals surface area contributed by atoms with E-state index in [0.717, 1.165) is 10.2 Å². The van der Waals surface area contributed by atoms with Crippen LogP contribution in [-0.2, 0) is 21.4 Å². The molecular weight excluding hydrogens is 514 g/mol. The van der Waals surface area contributed by atoms with E-state index in [4.69, 9.17) is 4.74 Å². The number of aromatic nitrogens is 4. The molecule has 1 atom stereocenters. The monoisotopic (exact) mass is 537 g/mol. The van der Waals surface area contributed by atoms with Gasteiger partial charge in [-0.1, -0.05) is 35.2 Å². The van der Waals surface area contributed by atoms with Crippen LogP contribution in [0.1, 0.15) is 25.7 Å². The van der Waals surface area contributed by atoms with Crippen molar-refractivity contribution in [2.45, 2.75) is 25.0 Å². The maximum Gasteiger partial charge on any atom is 0.265 e. The second kappa shape index (κ2) is 10.2. The molecule has 0 aliphatic carbocycles. The van der Waals surface area contributed by atoms with E-state index in [0.29, 0.717) is 33.2 Å². The van der Waals surface area contributed by atoms with Crippen LogP contribution < -0.4 is 20.3 Å². The molecule has 0 fully saturated rings. The Morgan fingerprint density at radius 2 is 2.00 bits per heavy atom. The molecule has 190 valence electrons. The van der Waals surface area contributed by atoms with Crippen molar-refractivity contribution in [2.24, 2.45) is 7.05 Å². The molecule has 2 aromatic heterocycles. The van der Waals surface area contributed by atoms with E-state index < -0.39 is 0 Å². The first kappa shape index (κ1) is 24.7. The number of fused-ring (bicyclic) bond motifs is 2. The zero-order chi connectivity index (χ0) is 26.1. The van der Waals surface area contributed by atoms with E-state index in [1.807, 2.05) is 44.3 Å². The molecule has 2 aromatic carbocycles. The topological polar surface area (TPSA) is 131 Å². The van der Waals surface area contributed by atoms with Crippen LogP contribution in [0.3, 0.4) is 0 Å². The van der Waals surface area contributed by atoms with Gasteiger partial charge in [-0.25, -0.2) is 4.98 Å². The van der Waals surface area contributed by atoms with Gasteiger partial charge in [-0.3, -0.25) is 19.3 Å². The van der Waals surface area contributed by atoms with Crippen molar-refractivity contribution >= 4 is 67.5 Å². The summed E-state index contributed by atoms with van der Waals surface area (Å²) in [7, 11) is 1.81. The summed E-state index contributed by atoms with van der Waals surface area (Å²) < 4.78 is 8.17. The molecule has 2 N–H and O–H groups in total. The lowest BCUT2D eigenvalue weighted by Gasteiger charge is -2.33. The molecule has 5 rings (SSSR count). The number of hydrogen-bond acceptors (Lipinski definition) is 9. The number of carbonyl (C=O) groups excluding carboxylic acids is 3. The summed E-state index contributed by atoms with van der Waals surface area (Å²) in [6.07, 6.45) is 0. The van der Waals surface area contributed by atoms with Gasteiger partial charge < -0.3 is 19.9 Å². The highest BCUT2D eigenvalue weighted by atomic mass is 32.2. The third-order valence-electron chi connectivity index (χ3n) is 5.66. The molecule has 0 unspecified atom stereocenters. The fourth-order valence-electron chi connectivity index (χ4n) is 4.02. The second-order valence-electron chi connectivity index (χ2n) is 8.32. The van der Waals surface area contributed by atoms with Crippen LogP contribution in [0.15, 0.2) is 47.6 Å². The van der Waals surface area contributed by atoms with Crippen molar-refractivity contribution in [3.8, 4) is 5.75 Å². The van der Waals surface area contributed by atoms with Gasteiger partial charge in [-0.15, -0.1) is 10.2 Å². The molecule has 0 saturated heterocycles. The van der Waals surface area contributed by atoms with Gasteiger partial charge >= 0.3 is 0 Å². The Morgan fingerprint density at radius 1 is 1.19 bits per heavy atom. The Morgan fingerprint density at radius 3 is 2.81 bits per heavy atom. The van der Waals surface area contributed by atoms with Crippen molar-refractivity contribution in [1.29, 1.82) is 0 Å². The number of thioether (sulfide) groups is 1. The average Bonchev–Trinajstić information content (AvgIpc) is 3.43. The Kier molecular flexibility index (Phi) is 6.80. The lowest BCUT2D eigenvalue weighted by Crippen LogP contribution is -2.41. The number of carbonyl (C=O) groups is 3. The SMILES string of the molecule is CC(=O)Nc1ccc2nc(NC(=O)CSc3nnc([C@@H](C)N4C(=O)COc5ccccc54)n3C)sc2c1. The predicted molar refractivity (Wildman–Crippen MR) is 142 cm³/mol. The number of amides is 3. The van der Waals surface area contributed by atoms with Gasteiger partial charge in [0.2, 0.25) is 11.8 Å². The Labute approximate surface area is 220 Å². The zero-order valence-corrected chi connectivity index (χ0v) is 21.9. The van der Waals surface area contributed by atoms with Gasteiger partial charge in [-0.05, 0) is 37.3 Å². The Hall–Kier alpha value is -3.97. The minimum absolute atomic E-state index is 0.0404. The van der Waals surface area contributed by atoms with Crippen LogP contribution in [0.2, 0.25) is 0 Å². The molecule has 4 aromatic rings. The summed E-state index contributed by atoms with van der Waals surface area (Å²) in [6.45, 7) is 3.29. The standard InChI is InChI=1S/C24H23N7O4S2/c1-13(31-17-6-4-5-7-18(17)35-11-21(31)34)22-28-29-24(30(22)3)36-12-20(33)27-23-26-16-9-8-15(25-14(2)32)10-19(16)37-23/h4-10,13H,11-12H2,1-3H3,(H,25,32)(H,26,27,33)/t13-/m1/s1. The quantitative estimate of drug-likeness (QED) is 0.342. The molecule has 1 aliphatic heterocycles. The minimum Gasteiger partial charge on any atom is -0.482 e. The third kappa shape index (κ3) is 5.13. The number of thiazole rings is 1. The van der Waals surface area contributed by atoms with Crippen molar-refractivity contribution < 1.29 is 19.1 Å². The summed E-state index contributed by atoms with van der Waals surface area (Å²) in [5.74, 6) is 0.783. The number of ether oxygens (including phenoxy) is 1. The first-order valence-electron chi connectivity index (χ1n) is 11.3. The Balaban J connectivity index is 1.24. The lowest BCUT2D eigenvalue weighted by atomic mass is 10.1. The second-order valence-corrected chi connectivity index (χ2v) is 10.3. The summed E-state index contributed by atoms with van der Waals surface area (Å²) in [5.41, 5.74) is 2.09. The van der Waals surface area contributed by atoms with Crippen molar-refractivity contribution in [3.05, 3.63) is 48.3 Å². The molecule has 0 saturated carbocycles. The zero-order valence-electron chi connectivity index (χ0n) is 20.2. The molecule has 0 radical (unpaired) electrons. The number of nitrogens with zero attached hydrogens (tertiary/aromatic N) is 5. The van der Waals surface area contributed by atoms with E-state index >= 15 is 0 Å². The van der Waals surface area contributed by atoms with Crippen molar-refractivity contribution in [1.82, 2.24) is 19.7 Å². The predicted octanol–water partition coefficient (Wildman–Crippen LogP) is 3.60. The van der Waals surface area contributed by atoms with Crippen LogP contribution in [-0.4, -0.2) is 49.8 Å². The van der Waals surface area contributed by atoms with Crippen LogP contribution >= 0.6 is 23.1 Å². The fraction of sp³-hybridized carbons (Fsp3) is 0.250. The number of anilines is 3. The van der Waals surface area contributed by atoms with Gasteiger partial charge in [0.15, 0.2) is 22.7 Å². The van der Waals surface area contributed by atoms with Crippen LogP contribution in [0.4, 0.5) is 16.5 Å². The highest BCUT2D eigenvalue weighted by molar-refractivity contribution is 7.99. The molecule has 37 heavy (non-hydrogen) atoms. The van der Waals surface area contributed by atoms with Crippen molar-refractivity contribution in [2.75, 3.05) is 27.9 Å².